The number of carbonyl (C=O) groups is 1. The van der Waals surface area contributed by atoms with E-state index in [2.05, 4.69) is 37.1 Å². The smallest absolute Gasteiger partial charge is 0.279 e. The van der Waals surface area contributed by atoms with Crippen molar-refractivity contribution in [2.45, 2.75) is 25.8 Å². The molecule has 1 fully saturated rings. The maximum atomic E-state index is 15.4. The number of carbonyl (C=O) groups excluding carboxylic acids is 1. The molecular formula is C32H30FN7O3S. The van der Waals surface area contributed by atoms with Gasteiger partial charge in [0.15, 0.2) is 0 Å². The Hall–Kier alpha value is -5.10. The number of aryl methyl sites for hydroxylation is 1. The third kappa shape index (κ3) is 6.30. The molecule has 10 nitrogen and oxygen atoms in total. The van der Waals surface area contributed by atoms with Gasteiger partial charge < -0.3 is 25.0 Å². The van der Waals surface area contributed by atoms with Gasteiger partial charge in [-0.2, -0.15) is 0 Å². The highest BCUT2D eigenvalue weighted by Gasteiger charge is 2.23. The number of nitrogens with one attached hydrogen (secondary N) is 2. The minimum atomic E-state index is -2.71. The molecule has 12 heteroatoms. The lowest BCUT2D eigenvalue weighted by molar-refractivity contribution is -0.126. The summed E-state index contributed by atoms with van der Waals surface area (Å²) in [6, 6.07) is 11.3. The lowest BCUT2D eigenvalue weighted by Crippen LogP contribution is -2.41. The number of amides is 1. The molecule has 0 spiro atoms. The highest BCUT2D eigenvalue weighted by molar-refractivity contribution is 7.11. The molecule has 0 radical (unpaired) electrons. The molecule has 5 aromatic rings. The van der Waals surface area contributed by atoms with E-state index in [-0.39, 0.29) is 29.1 Å². The molecule has 224 valence electrons. The zero-order valence-electron chi connectivity index (χ0n) is 26.7. The highest BCUT2D eigenvalue weighted by atomic mass is 32.1. The lowest BCUT2D eigenvalue weighted by Gasteiger charge is -2.32. The first kappa shape index (κ1) is 25.4. The summed E-state index contributed by atoms with van der Waals surface area (Å²) >= 11 is 1.29. The standard InChI is InChI=1S/C32H30FN7O3S/c1-4-30(41)40-11-9-21(10-12-40)37-27-14-23-26(15-29(27)42-3)35-18-36-31(23)38-25-8-7-22(13-24(25)33)43-32-39-28(17-44-32)20-6-5-19(2)34-16-20/h4-8,13-18,21,37H,1,9-12H2,2-3H3,(H,35,36,38)/i3D3. The summed E-state index contributed by atoms with van der Waals surface area (Å²) < 4.78 is 49.5. The Morgan fingerprint density at radius 3 is 2.77 bits per heavy atom. The summed E-state index contributed by atoms with van der Waals surface area (Å²) in [4.78, 5) is 31.1. The number of rotatable bonds is 9. The number of methoxy groups -OCH3 is 1. The molecule has 0 aliphatic carbocycles. The van der Waals surface area contributed by atoms with Gasteiger partial charge in [-0.05, 0) is 56.2 Å². The molecule has 1 saturated heterocycles. The monoisotopic (exact) mass is 614 g/mol. The molecule has 44 heavy (non-hydrogen) atoms. The molecule has 6 rings (SSSR count). The molecule has 4 heterocycles. The van der Waals surface area contributed by atoms with Crippen molar-refractivity contribution < 1.29 is 22.8 Å². The number of pyridine rings is 1. The minimum absolute atomic E-state index is 0.0613. The van der Waals surface area contributed by atoms with Crippen LogP contribution in [0.25, 0.3) is 22.2 Å². The van der Waals surface area contributed by atoms with Crippen LogP contribution in [0.1, 0.15) is 22.6 Å². The minimum Gasteiger partial charge on any atom is -0.495 e. The molecular weight excluding hydrogens is 581 g/mol. The van der Waals surface area contributed by atoms with Crippen LogP contribution in [-0.2, 0) is 4.79 Å². The third-order valence-corrected chi connectivity index (χ3v) is 7.99. The molecule has 0 bridgehead atoms. The number of hydrogen-bond acceptors (Lipinski definition) is 10. The third-order valence-electron chi connectivity index (χ3n) is 7.28. The molecule has 2 N–H and O–H groups in total. The highest BCUT2D eigenvalue weighted by Crippen LogP contribution is 2.36. The van der Waals surface area contributed by atoms with Crippen molar-refractivity contribution in [1.29, 1.82) is 0 Å². The van der Waals surface area contributed by atoms with Crippen LogP contribution in [0.5, 0.6) is 16.7 Å². The zero-order valence-corrected chi connectivity index (χ0v) is 24.5. The van der Waals surface area contributed by atoms with Crippen molar-refractivity contribution in [2.24, 2.45) is 0 Å². The number of likely N-dealkylation sites (tertiary alicyclic amines) is 1. The Morgan fingerprint density at radius 1 is 1.16 bits per heavy atom. The van der Waals surface area contributed by atoms with Gasteiger partial charge in [0.2, 0.25) is 5.91 Å². The second kappa shape index (κ2) is 12.6. The molecule has 0 atom stereocenters. The molecule has 1 amide bonds. The van der Waals surface area contributed by atoms with Crippen LogP contribution in [0, 0.1) is 12.7 Å². The summed E-state index contributed by atoms with van der Waals surface area (Å²) in [6.45, 7) is 6.50. The maximum Gasteiger partial charge on any atom is 0.279 e. The first-order chi connectivity index (χ1) is 22.5. The number of benzene rings is 2. The van der Waals surface area contributed by atoms with Gasteiger partial charge in [-0.1, -0.05) is 17.9 Å². The number of piperidine rings is 1. The van der Waals surface area contributed by atoms with E-state index in [4.69, 9.17) is 13.6 Å². The van der Waals surface area contributed by atoms with Crippen LogP contribution in [0.2, 0.25) is 0 Å². The van der Waals surface area contributed by atoms with Gasteiger partial charge >= 0.3 is 0 Å². The van der Waals surface area contributed by atoms with Gasteiger partial charge in [-0.25, -0.2) is 19.3 Å². The largest absolute Gasteiger partial charge is 0.495 e. The van der Waals surface area contributed by atoms with Gasteiger partial charge in [0.05, 0.1) is 33.7 Å². The van der Waals surface area contributed by atoms with E-state index in [9.17, 15) is 4.79 Å². The molecule has 0 unspecified atom stereocenters. The van der Waals surface area contributed by atoms with Crippen LogP contribution in [-0.4, -0.2) is 56.9 Å². The van der Waals surface area contributed by atoms with Gasteiger partial charge in [-0.3, -0.25) is 9.78 Å². The van der Waals surface area contributed by atoms with Gasteiger partial charge in [-0.15, -0.1) is 0 Å². The summed E-state index contributed by atoms with van der Waals surface area (Å²) in [5, 5.41) is 9.10. The first-order valence-corrected chi connectivity index (χ1v) is 14.7. The quantitative estimate of drug-likeness (QED) is 0.174. The summed E-state index contributed by atoms with van der Waals surface area (Å²) in [5.41, 5.74) is 3.40. The van der Waals surface area contributed by atoms with Crippen LogP contribution in [0.4, 0.5) is 21.6 Å². The van der Waals surface area contributed by atoms with E-state index in [1.165, 1.54) is 41.9 Å². The number of anilines is 3. The molecule has 0 saturated carbocycles. The number of nitrogens with zero attached hydrogens (tertiary/aromatic N) is 5. The second-order valence-electron chi connectivity index (χ2n) is 10.2. The first-order valence-electron chi connectivity index (χ1n) is 15.3. The Bertz CT molecular complexity index is 1930. The van der Waals surface area contributed by atoms with E-state index in [0.717, 1.165) is 11.3 Å². The Kier molecular flexibility index (Phi) is 7.30. The Morgan fingerprint density at radius 2 is 2.02 bits per heavy atom. The average molecular weight is 615 g/mol. The summed E-state index contributed by atoms with van der Waals surface area (Å²) in [6.07, 6.45) is 5.59. The molecule has 1 aliphatic heterocycles. The van der Waals surface area contributed by atoms with E-state index >= 15 is 4.39 Å². The second-order valence-corrected chi connectivity index (χ2v) is 11.0. The lowest BCUT2D eigenvalue weighted by atomic mass is 10.0. The number of halogens is 1. The summed E-state index contributed by atoms with van der Waals surface area (Å²) in [7, 11) is -2.71. The normalized spacial score (nSPS) is 14.8. The number of ether oxygens (including phenoxy) is 2. The number of aromatic nitrogens is 4. The van der Waals surface area contributed by atoms with Crippen LogP contribution < -0.4 is 20.1 Å². The fraction of sp³-hybridized carbons (Fsp3) is 0.219. The van der Waals surface area contributed by atoms with Crippen molar-refractivity contribution in [1.82, 2.24) is 24.8 Å². The van der Waals surface area contributed by atoms with E-state index in [1.807, 2.05) is 24.4 Å². The van der Waals surface area contributed by atoms with Gasteiger partial charge in [0.1, 0.15) is 29.5 Å². The van der Waals surface area contributed by atoms with Crippen molar-refractivity contribution in [3.63, 3.8) is 0 Å². The molecule has 2 aromatic carbocycles. The predicted octanol–water partition coefficient (Wildman–Crippen LogP) is 6.73. The van der Waals surface area contributed by atoms with E-state index in [0.29, 0.717) is 59.2 Å². The summed E-state index contributed by atoms with van der Waals surface area (Å²) in [5.74, 6) is -0.0664. The van der Waals surface area contributed by atoms with E-state index < -0.39 is 12.9 Å². The maximum absolute atomic E-state index is 15.4. The zero-order chi connectivity index (χ0) is 33.1. The van der Waals surface area contributed by atoms with Crippen LogP contribution in [0.15, 0.2) is 73.0 Å². The SMILES string of the molecule is [2H]C([2H])([2H])Oc1cc2ncnc(Nc3ccc(Oc4nc(-c5ccc(C)nc5)cs4)cc3F)c2cc1NC1CCN(C(=O)C=C)CC1. The van der Waals surface area contributed by atoms with Gasteiger partial charge in [0.25, 0.3) is 5.19 Å². The van der Waals surface area contributed by atoms with Gasteiger partial charge in [0, 0.05) is 59.5 Å². The predicted molar refractivity (Wildman–Crippen MR) is 169 cm³/mol. The fourth-order valence-electron chi connectivity index (χ4n) is 4.92. The molecule has 1 aliphatic rings. The fourth-order valence-corrected chi connectivity index (χ4v) is 5.62. The van der Waals surface area contributed by atoms with Crippen molar-refractivity contribution in [3.8, 4) is 28.0 Å². The van der Waals surface area contributed by atoms with Crippen molar-refractivity contribution in [3.05, 3.63) is 84.5 Å². The van der Waals surface area contributed by atoms with Crippen molar-refractivity contribution in [2.75, 3.05) is 30.8 Å². The number of fused-ring (bicyclic) bond motifs is 1. The average Bonchev–Trinajstić information content (AvgIpc) is 3.51. The van der Waals surface area contributed by atoms with E-state index in [1.54, 1.807) is 23.2 Å². The van der Waals surface area contributed by atoms with Crippen molar-refractivity contribution >= 4 is 45.3 Å². The topological polar surface area (TPSA) is 114 Å². The molecule has 3 aromatic heterocycles. The number of thiazole rings is 1. The van der Waals surface area contributed by atoms with Crippen LogP contribution in [0.3, 0.4) is 0 Å². The number of hydrogen-bond donors (Lipinski definition) is 2. The Balaban J connectivity index is 1.22. The van der Waals surface area contributed by atoms with Crippen LogP contribution >= 0.6 is 11.3 Å². The Labute approximate surface area is 261 Å².